The van der Waals surface area contributed by atoms with Crippen LogP contribution in [-0.2, 0) is 6.42 Å². The van der Waals surface area contributed by atoms with Crippen molar-refractivity contribution in [2.24, 2.45) is 4.99 Å². The van der Waals surface area contributed by atoms with Gasteiger partial charge in [-0.1, -0.05) is 0 Å². The van der Waals surface area contributed by atoms with Gasteiger partial charge < -0.3 is 15.5 Å². The minimum atomic E-state index is -0.0970. The van der Waals surface area contributed by atoms with Gasteiger partial charge in [-0.3, -0.25) is 4.99 Å². The summed E-state index contributed by atoms with van der Waals surface area (Å²) >= 11 is 1.69. The van der Waals surface area contributed by atoms with Crippen molar-refractivity contribution in [1.82, 2.24) is 15.5 Å². The van der Waals surface area contributed by atoms with Crippen molar-refractivity contribution < 1.29 is 4.79 Å². The summed E-state index contributed by atoms with van der Waals surface area (Å²) in [5.41, 5.74) is 2.62. The monoisotopic (exact) mass is 348 g/mol. The maximum Gasteiger partial charge on any atom is 0.315 e. The molecule has 0 aliphatic carbocycles. The molecule has 1 aromatic rings. The fourth-order valence-electron chi connectivity index (χ4n) is 2.74. The molecule has 1 aromatic heterocycles. The van der Waals surface area contributed by atoms with E-state index in [4.69, 9.17) is 0 Å². The van der Waals surface area contributed by atoms with E-state index in [-0.39, 0.29) is 18.1 Å². The molecule has 0 radical (unpaired) electrons. The van der Waals surface area contributed by atoms with E-state index in [1.54, 1.807) is 11.3 Å². The van der Waals surface area contributed by atoms with Crippen LogP contribution in [0.25, 0.3) is 0 Å². The van der Waals surface area contributed by atoms with Crippen LogP contribution in [0, 0.1) is 0 Å². The molecule has 2 atom stereocenters. The molecule has 1 aliphatic heterocycles. The van der Waals surface area contributed by atoms with Crippen molar-refractivity contribution in [2.75, 3.05) is 20.6 Å². The summed E-state index contributed by atoms with van der Waals surface area (Å²) in [6.45, 7) is 2.66. The number of carbonyl (C=O) groups excluding carboxylic acids is 1. The number of rotatable bonds is 8. The van der Waals surface area contributed by atoms with Gasteiger partial charge >= 0.3 is 6.03 Å². The van der Waals surface area contributed by atoms with Gasteiger partial charge in [0, 0.05) is 31.0 Å². The Balaban J connectivity index is 1.75. The Morgan fingerprint density at radius 3 is 2.88 bits per heavy atom. The van der Waals surface area contributed by atoms with E-state index in [0.717, 1.165) is 25.7 Å². The molecular formula is C18H28N4OS. The zero-order valence-corrected chi connectivity index (χ0v) is 15.6. The van der Waals surface area contributed by atoms with E-state index >= 15 is 0 Å². The van der Waals surface area contributed by atoms with Crippen LogP contribution in [0.3, 0.4) is 0 Å². The average molecular weight is 349 g/mol. The second-order valence-electron chi connectivity index (χ2n) is 6.57. The number of thiophene rings is 1. The van der Waals surface area contributed by atoms with Crippen molar-refractivity contribution in [3.05, 3.63) is 34.2 Å². The molecule has 5 nitrogen and oxygen atoms in total. The minimum Gasteiger partial charge on any atom is -0.337 e. The van der Waals surface area contributed by atoms with Crippen LogP contribution in [0.2, 0.25) is 0 Å². The molecule has 2 amide bonds. The van der Waals surface area contributed by atoms with E-state index < -0.39 is 0 Å². The molecule has 2 rings (SSSR count). The first-order valence-corrected chi connectivity index (χ1v) is 9.40. The number of hydrogen-bond acceptors (Lipinski definition) is 4. The first-order chi connectivity index (χ1) is 11.5. The molecular weight excluding hydrogens is 320 g/mol. The van der Waals surface area contributed by atoms with Gasteiger partial charge in [0.15, 0.2) is 0 Å². The average Bonchev–Trinajstić information content (AvgIpc) is 3.04. The summed E-state index contributed by atoms with van der Waals surface area (Å²) in [4.78, 5) is 18.5. The van der Waals surface area contributed by atoms with E-state index in [1.165, 1.54) is 11.1 Å². The number of aliphatic imine (C=N–C) groups is 1. The Morgan fingerprint density at radius 2 is 2.25 bits per heavy atom. The Labute approximate surface area is 148 Å². The highest BCUT2D eigenvalue weighted by Crippen LogP contribution is 2.17. The van der Waals surface area contributed by atoms with Gasteiger partial charge in [0.2, 0.25) is 0 Å². The second kappa shape index (κ2) is 9.59. The number of urea groups is 1. The van der Waals surface area contributed by atoms with E-state index in [0.29, 0.717) is 6.54 Å². The van der Waals surface area contributed by atoms with Gasteiger partial charge in [0.05, 0.1) is 0 Å². The Hall–Kier alpha value is -1.66. The predicted molar refractivity (Wildman–Crippen MR) is 102 cm³/mol. The lowest BCUT2D eigenvalue weighted by atomic mass is 10.0. The van der Waals surface area contributed by atoms with Gasteiger partial charge in [-0.25, -0.2) is 4.79 Å². The lowest BCUT2D eigenvalue weighted by Crippen LogP contribution is -2.47. The molecule has 0 saturated carbocycles. The zero-order valence-electron chi connectivity index (χ0n) is 14.8. The van der Waals surface area contributed by atoms with Crippen LogP contribution in [0.5, 0.6) is 0 Å². The molecule has 0 bridgehead atoms. The lowest BCUT2D eigenvalue weighted by Gasteiger charge is -2.26. The summed E-state index contributed by atoms with van der Waals surface area (Å²) < 4.78 is 0. The van der Waals surface area contributed by atoms with Crippen molar-refractivity contribution in [2.45, 2.75) is 44.7 Å². The molecule has 0 saturated heterocycles. The Kier molecular flexibility index (Phi) is 7.46. The van der Waals surface area contributed by atoms with Crippen LogP contribution in [0.1, 0.15) is 31.7 Å². The highest BCUT2D eigenvalue weighted by Gasteiger charge is 2.16. The van der Waals surface area contributed by atoms with Crippen molar-refractivity contribution in [1.29, 1.82) is 0 Å². The largest absolute Gasteiger partial charge is 0.337 e. The molecule has 0 aromatic carbocycles. The molecule has 24 heavy (non-hydrogen) atoms. The summed E-state index contributed by atoms with van der Waals surface area (Å²) in [5.74, 6) is 0. The Bertz CT molecular complexity index is 566. The number of hydrogen-bond donors (Lipinski definition) is 2. The predicted octanol–water partition coefficient (Wildman–Crippen LogP) is 3.05. The fourth-order valence-corrected chi connectivity index (χ4v) is 3.42. The number of carbonyl (C=O) groups is 1. The molecule has 6 heteroatoms. The first kappa shape index (κ1) is 18.7. The molecule has 0 spiro atoms. The Morgan fingerprint density at radius 1 is 1.42 bits per heavy atom. The lowest BCUT2D eigenvalue weighted by molar-refractivity contribution is 0.229. The normalized spacial score (nSPS) is 16.6. The van der Waals surface area contributed by atoms with Crippen molar-refractivity contribution in [3.8, 4) is 0 Å². The second-order valence-corrected chi connectivity index (χ2v) is 7.35. The number of nitrogens with zero attached hydrogens (tertiary/aromatic N) is 2. The van der Waals surface area contributed by atoms with Crippen LogP contribution >= 0.6 is 11.3 Å². The highest BCUT2D eigenvalue weighted by atomic mass is 32.1. The topological polar surface area (TPSA) is 56.7 Å². The molecule has 2 unspecified atom stereocenters. The van der Waals surface area contributed by atoms with Gasteiger partial charge in [-0.05, 0) is 74.7 Å². The van der Waals surface area contributed by atoms with Crippen molar-refractivity contribution >= 4 is 23.6 Å². The first-order valence-electron chi connectivity index (χ1n) is 8.46. The van der Waals surface area contributed by atoms with Gasteiger partial charge in [0.1, 0.15) is 0 Å². The smallest absolute Gasteiger partial charge is 0.315 e. The third-order valence-electron chi connectivity index (χ3n) is 4.18. The number of amides is 2. The van der Waals surface area contributed by atoms with Gasteiger partial charge in [-0.15, -0.1) is 0 Å². The third-order valence-corrected chi connectivity index (χ3v) is 4.91. The standard InChI is InChI=1S/C18H28N4OS/c1-14(9-16-6-8-24-13-16)21-18(23)20-12-17(22(2)3)10-15-5-4-7-19-11-15/h6-8,11,13-14,17H,4-5,9-10,12H2,1-3H3,(H2,20,21,23). The summed E-state index contributed by atoms with van der Waals surface area (Å²) in [6, 6.07) is 2.40. The van der Waals surface area contributed by atoms with Gasteiger partial charge in [-0.2, -0.15) is 11.3 Å². The van der Waals surface area contributed by atoms with E-state index in [9.17, 15) is 4.79 Å². The van der Waals surface area contributed by atoms with E-state index in [2.05, 4.69) is 51.4 Å². The SMILES string of the molecule is CC(Cc1ccsc1)NC(=O)NCC(CC1=CN=CCC1)N(C)C. The molecule has 0 fully saturated rings. The molecule has 1 aliphatic rings. The number of nitrogens with one attached hydrogen (secondary N) is 2. The zero-order chi connectivity index (χ0) is 17.4. The summed E-state index contributed by atoms with van der Waals surface area (Å²) in [5, 5.41) is 10.2. The molecule has 2 heterocycles. The summed E-state index contributed by atoms with van der Waals surface area (Å²) in [7, 11) is 4.10. The number of likely N-dealkylation sites (N-methyl/N-ethyl adjacent to an activating group) is 1. The van der Waals surface area contributed by atoms with Crippen LogP contribution in [0.4, 0.5) is 4.79 Å². The highest BCUT2D eigenvalue weighted by molar-refractivity contribution is 7.07. The quantitative estimate of drug-likeness (QED) is 0.759. The maximum absolute atomic E-state index is 12.1. The fraction of sp³-hybridized carbons (Fsp3) is 0.556. The van der Waals surface area contributed by atoms with Crippen LogP contribution < -0.4 is 10.6 Å². The minimum absolute atomic E-state index is 0.0970. The maximum atomic E-state index is 12.1. The summed E-state index contributed by atoms with van der Waals surface area (Å²) in [6.07, 6.45) is 7.80. The van der Waals surface area contributed by atoms with E-state index in [1.807, 2.05) is 19.3 Å². The molecule has 132 valence electrons. The van der Waals surface area contributed by atoms with Crippen molar-refractivity contribution in [3.63, 3.8) is 0 Å². The van der Waals surface area contributed by atoms with Crippen LogP contribution in [-0.4, -0.2) is 49.9 Å². The third kappa shape index (κ3) is 6.45. The van der Waals surface area contributed by atoms with Gasteiger partial charge in [0.25, 0.3) is 0 Å². The molecule has 2 N–H and O–H groups in total. The van der Waals surface area contributed by atoms with Crippen LogP contribution in [0.15, 0.2) is 33.6 Å².